The zero-order valence-corrected chi connectivity index (χ0v) is 11.1. The van der Waals surface area contributed by atoms with Crippen molar-refractivity contribution in [2.75, 3.05) is 12.4 Å². The molecule has 0 bridgehead atoms. The Kier molecular flexibility index (Phi) is 3.25. The number of Topliss-reactive ketones (excluding diaryl/α,β-unsaturated/α-hetero) is 1. The predicted molar refractivity (Wildman–Crippen MR) is 70.7 cm³/mol. The number of rotatable bonds is 5. The fraction of sp³-hybridized carbons (Fsp3) is 0.357. The van der Waals surface area contributed by atoms with Gasteiger partial charge in [0, 0.05) is 18.3 Å². The van der Waals surface area contributed by atoms with Gasteiger partial charge in [-0.05, 0) is 12.1 Å². The topological polar surface area (TPSA) is 104 Å². The number of aliphatic carboxylic acids is 2. The molecule has 1 saturated carbocycles. The summed E-state index contributed by atoms with van der Waals surface area (Å²) < 4.78 is 0. The van der Waals surface area contributed by atoms with Crippen LogP contribution in [-0.4, -0.2) is 35.0 Å². The second kappa shape index (κ2) is 4.63. The van der Waals surface area contributed by atoms with E-state index in [-0.39, 0.29) is 0 Å². The number of carboxylic acids is 2. The maximum absolute atomic E-state index is 12.6. The van der Waals surface area contributed by atoms with Crippen molar-refractivity contribution in [1.82, 2.24) is 0 Å². The van der Waals surface area contributed by atoms with Crippen LogP contribution in [0.1, 0.15) is 17.3 Å². The molecule has 0 radical (unpaired) electrons. The summed E-state index contributed by atoms with van der Waals surface area (Å²) in [6, 6.07) is 6.65. The third-order valence-corrected chi connectivity index (χ3v) is 3.98. The zero-order chi connectivity index (χ0) is 15.1. The molecule has 0 saturated heterocycles. The third kappa shape index (κ3) is 1.84. The first-order valence-electron chi connectivity index (χ1n) is 6.12. The number of anilines is 1. The number of nitrogens with one attached hydrogen (secondary N) is 1. The van der Waals surface area contributed by atoms with E-state index < -0.39 is 35.0 Å². The molecular formula is C14H15NO5. The van der Waals surface area contributed by atoms with E-state index in [0.717, 1.165) is 0 Å². The number of carbonyl (C=O) groups is 3. The Balaban J connectivity index is 2.43. The molecule has 0 aromatic heterocycles. The van der Waals surface area contributed by atoms with E-state index in [2.05, 4.69) is 5.32 Å². The number of carbonyl (C=O) groups excluding carboxylic acids is 1. The molecule has 0 heterocycles. The summed E-state index contributed by atoms with van der Waals surface area (Å²) in [4.78, 5) is 34.9. The Morgan fingerprint density at radius 3 is 2.05 bits per heavy atom. The molecule has 2 rings (SSSR count). The highest BCUT2D eigenvalue weighted by Gasteiger charge is 2.73. The van der Waals surface area contributed by atoms with E-state index in [4.69, 9.17) is 10.2 Å². The SMILES string of the molecule is CNc1ccccc1C(=O)C1(C)[C@H](C(=O)O)[C@@H]1C(=O)O. The molecule has 1 aromatic rings. The van der Waals surface area contributed by atoms with Gasteiger partial charge in [0.15, 0.2) is 5.78 Å². The molecule has 3 atom stereocenters. The molecule has 0 aliphatic heterocycles. The summed E-state index contributed by atoms with van der Waals surface area (Å²) in [6.07, 6.45) is 0. The Labute approximate surface area is 115 Å². The molecule has 0 amide bonds. The molecule has 3 N–H and O–H groups in total. The van der Waals surface area contributed by atoms with Gasteiger partial charge in [-0.2, -0.15) is 0 Å². The van der Waals surface area contributed by atoms with Crippen molar-refractivity contribution in [1.29, 1.82) is 0 Å². The van der Waals surface area contributed by atoms with Crippen LogP contribution in [0.15, 0.2) is 24.3 Å². The van der Waals surface area contributed by atoms with E-state index in [1.54, 1.807) is 31.3 Å². The minimum Gasteiger partial charge on any atom is -0.481 e. The first-order chi connectivity index (χ1) is 9.35. The average molecular weight is 277 g/mol. The van der Waals surface area contributed by atoms with Crippen LogP contribution < -0.4 is 5.32 Å². The monoisotopic (exact) mass is 277 g/mol. The molecule has 20 heavy (non-hydrogen) atoms. The standard InChI is InChI=1S/C14H15NO5/c1-14(9(12(17)18)10(14)13(19)20)11(16)7-5-3-4-6-8(7)15-2/h3-6,9-10,15H,1-2H3,(H,17,18)(H,19,20)/t9-,10+,14?. The van der Waals surface area contributed by atoms with Crippen LogP contribution in [0.3, 0.4) is 0 Å². The normalized spacial score (nSPS) is 27.7. The van der Waals surface area contributed by atoms with Crippen LogP contribution in [0.25, 0.3) is 0 Å². The van der Waals surface area contributed by atoms with Crippen molar-refractivity contribution in [2.45, 2.75) is 6.92 Å². The second-order valence-electron chi connectivity index (χ2n) is 5.04. The molecule has 6 nitrogen and oxygen atoms in total. The Hall–Kier alpha value is -2.37. The van der Waals surface area contributed by atoms with Crippen molar-refractivity contribution in [3.63, 3.8) is 0 Å². The summed E-state index contributed by atoms with van der Waals surface area (Å²) in [5, 5.41) is 21.0. The third-order valence-electron chi connectivity index (χ3n) is 3.98. The van der Waals surface area contributed by atoms with Gasteiger partial charge in [-0.25, -0.2) is 0 Å². The fourth-order valence-corrected chi connectivity index (χ4v) is 2.78. The summed E-state index contributed by atoms with van der Waals surface area (Å²) in [5.74, 6) is -5.33. The molecule has 1 unspecified atom stereocenters. The van der Waals surface area contributed by atoms with Gasteiger partial charge in [-0.3, -0.25) is 14.4 Å². The second-order valence-corrected chi connectivity index (χ2v) is 5.04. The molecule has 1 aliphatic rings. The number of hydrogen-bond donors (Lipinski definition) is 3. The molecule has 1 aliphatic carbocycles. The van der Waals surface area contributed by atoms with Crippen LogP contribution in [-0.2, 0) is 9.59 Å². The van der Waals surface area contributed by atoms with Gasteiger partial charge in [0.1, 0.15) is 0 Å². The van der Waals surface area contributed by atoms with E-state index in [1.807, 2.05) is 0 Å². The number of benzene rings is 1. The smallest absolute Gasteiger partial charge is 0.308 e. The lowest BCUT2D eigenvalue weighted by Gasteiger charge is -2.13. The summed E-state index contributed by atoms with van der Waals surface area (Å²) in [5.41, 5.74) is -0.531. The Bertz CT molecular complexity index is 575. The fourth-order valence-electron chi connectivity index (χ4n) is 2.78. The Morgan fingerprint density at radius 2 is 1.60 bits per heavy atom. The number of para-hydroxylation sites is 1. The Morgan fingerprint density at radius 1 is 1.10 bits per heavy atom. The molecule has 1 fully saturated rings. The van der Waals surface area contributed by atoms with Gasteiger partial charge >= 0.3 is 11.9 Å². The maximum atomic E-state index is 12.6. The summed E-state index contributed by atoms with van der Waals surface area (Å²) >= 11 is 0. The predicted octanol–water partition coefficient (Wildman–Crippen LogP) is 1.33. The van der Waals surface area contributed by atoms with Gasteiger partial charge < -0.3 is 15.5 Å². The maximum Gasteiger partial charge on any atom is 0.308 e. The zero-order valence-electron chi connectivity index (χ0n) is 11.1. The highest BCUT2D eigenvalue weighted by Crippen LogP contribution is 2.60. The summed E-state index contributed by atoms with van der Waals surface area (Å²) in [7, 11) is 1.64. The number of carboxylic acid groups (broad SMARTS) is 2. The van der Waals surface area contributed by atoms with Crippen LogP contribution in [0.5, 0.6) is 0 Å². The lowest BCUT2D eigenvalue weighted by Crippen LogP contribution is -2.21. The van der Waals surface area contributed by atoms with E-state index in [9.17, 15) is 14.4 Å². The number of hydrogen-bond acceptors (Lipinski definition) is 4. The quantitative estimate of drug-likeness (QED) is 0.701. The number of ketones is 1. The minimum absolute atomic E-state index is 0.312. The molecular weight excluding hydrogens is 262 g/mol. The first kappa shape index (κ1) is 14.0. The van der Waals surface area contributed by atoms with Crippen molar-refractivity contribution in [2.24, 2.45) is 17.3 Å². The molecule has 1 aromatic carbocycles. The van der Waals surface area contributed by atoms with Gasteiger partial charge in [0.25, 0.3) is 0 Å². The minimum atomic E-state index is -1.40. The largest absolute Gasteiger partial charge is 0.481 e. The van der Waals surface area contributed by atoms with Gasteiger partial charge in [0.05, 0.1) is 17.3 Å². The molecule has 106 valence electrons. The van der Waals surface area contributed by atoms with E-state index in [1.165, 1.54) is 6.92 Å². The van der Waals surface area contributed by atoms with Gasteiger partial charge in [-0.1, -0.05) is 19.1 Å². The van der Waals surface area contributed by atoms with E-state index >= 15 is 0 Å². The van der Waals surface area contributed by atoms with Crippen LogP contribution in [0, 0.1) is 17.3 Å². The van der Waals surface area contributed by atoms with Gasteiger partial charge in [-0.15, -0.1) is 0 Å². The van der Waals surface area contributed by atoms with Crippen LogP contribution in [0.4, 0.5) is 5.69 Å². The summed E-state index contributed by atoms with van der Waals surface area (Å²) in [6.45, 7) is 1.40. The molecule has 0 spiro atoms. The van der Waals surface area contributed by atoms with Crippen molar-refractivity contribution >= 4 is 23.4 Å². The van der Waals surface area contributed by atoms with Crippen LogP contribution in [0.2, 0.25) is 0 Å². The van der Waals surface area contributed by atoms with Gasteiger partial charge in [0.2, 0.25) is 0 Å². The highest BCUT2D eigenvalue weighted by molar-refractivity contribution is 6.12. The van der Waals surface area contributed by atoms with Crippen molar-refractivity contribution in [3.8, 4) is 0 Å². The lowest BCUT2D eigenvalue weighted by molar-refractivity contribution is -0.144. The van der Waals surface area contributed by atoms with Crippen molar-refractivity contribution in [3.05, 3.63) is 29.8 Å². The lowest BCUT2D eigenvalue weighted by atomic mass is 9.91. The average Bonchev–Trinajstić information content (AvgIpc) is 3.06. The first-order valence-corrected chi connectivity index (χ1v) is 6.12. The van der Waals surface area contributed by atoms with E-state index in [0.29, 0.717) is 11.3 Å². The highest BCUT2D eigenvalue weighted by atomic mass is 16.4. The molecule has 6 heteroatoms. The van der Waals surface area contributed by atoms with Crippen LogP contribution >= 0.6 is 0 Å². The van der Waals surface area contributed by atoms with Crippen molar-refractivity contribution < 1.29 is 24.6 Å².